The first kappa shape index (κ1) is 14.9. The number of carbonyl (C=O) groups excluding carboxylic acids is 1. The van der Waals surface area contributed by atoms with E-state index in [0.717, 1.165) is 44.8 Å². The highest BCUT2D eigenvalue weighted by atomic mass is 16.1. The summed E-state index contributed by atoms with van der Waals surface area (Å²) in [4.78, 5) is 17.0. The number of anilines is 1. The number of hydrogen-bond donors (Lipinski definition) is 1. The van der Waals surface area contributed by atoms with Crippen molar-refractivity contribution in [2.24, 2.45) is 0 Å². The molecule has 4 aromatic rings. The summed E-state index contributed by atoms with van der Waals surface area (Å²) in [5, 5.41) is 0. The molecule has 3 aromatic carbocycles. The summed E-state index contributed by atoms with van der Waals surface area (Å²) in [5.74, 6) is 1.12. The first-order chi connectivity index (χ1) is 12.7. The van der Waals surface area contributed by atoms with Crippen LogP contribution in [0.4, 0.5) is 5.69 Å². The molecule has 126 valence electrons. The summed E-state index contributed by atoms with van der Waals surface area (Å²) < 4.78 is 2.17. The summed E-state index contributed by atoms with van der Waals surface area (Å²) in [5.41, 5.74) is 12.5. The number of imidazole rings is 1. The molecule has 0 unspecified atom stereocenters. The van der Waals surface area contributed by atoms with Gasteiger partial charge in [0, 0.05) is 29.8 Å². The number of nitrogens with zero attached hydrogens (tertiary/aromatic N) is 2. The van der Waals surface area contributed by atoms with Gasteiger partial charge in [-0.3, -0.25) is 4.79 Å². The minimum absolute atomic E-state index is 0.201. The van der Waals surface area contributed by atoms with Crippen molar-refractivity contribution < 1.29 is 4.79 Å². The minimum Gasteiger partial charge on any atom is -0.399 e. The van der Waals surface area contributed by atoms with Crippen molar-refractivity contribution in [3.05, 3.63) is 72.3 Å². The Balaban J connectivity index is 1.62. The number of benzene rings is 3. The first-order valence-corrected chi connectivity index (χ1v) is 8.69. The minimum atomic E-state index is 0.201. The van der Waals surface area contributed by atoms with Gasteiger partial charge in [0.2, 0.25) is 0 Å². The van der Waals surface area contributed by atoms with E-state index >= 15 is 0 Å². The van der Waals surface area contributed by atoms with Gasteiger partial charge in [-0.1, -0.05) is 42.5 Å². The third kappa shape index (κ3) is 2.23. The topological polar surface area (TPSA) is 60.9 Å². The van der Waals surface area contributed by atoms with Crippen LogP contribution in [0.1, 0.15) is 16.8 Å². The van der Waals surface area contributed by atoms with Crippen LogP contribution >= 0.6 is 0 Å². The molecule has 0 radical (unpaired) electrons. The SMILES string of the molecule is Nc1cccc(-c2ccc(-c3nc4cccc5c4n3CCC5=O)cc2)c1. The Morgan fingerprint density at radius 2 is 1.65 bits per heavy atom. The van der Waals surface area contributed by atoms with Gasteiger partial charge < -0.3 is 10.3 Å². The smallest absolute Gasteiger partial charge is 0.166 e. The normalized spacial score (nSPS) is 13.3. The van der Waals surface area contributed by atoms with E-state index in [1.54, 1.807) is 0 Å². The Morgan fingerprint density at radius 3 is 2.46 bits per heavy atom. The van der Waals surface area contributed by atoms with Crippen LogP contribution in [0, 0.1) is 0 Å². The van der Waals surface area contributed by atoms with Gasteiger partial charge in [0.05, 0.1) is 11.0 Å². The molecular weight excluding hydrogens is 322 g/mol. The summed E-state index contributed by atoms with van der Waals surface area (Å²) >= 11 is 0. The molecule has 0 aliphatic carbocycles. The van der Waals surface area contributed by atoms with E-state index in [2.05, 4.69) is 34.9 Å². The summed E-state index contributed by atoms with van der Waals surface area (Å²) in [6.45, 7) is 0.679. The van der Waals surface area contributed by atoms with Gasteiger partial charge in [-0.2, -0.15) is 0 Å². The van der Waals surface area contributed by atoms with Crippen LogP contribution in [0.15, 0.2) is 66.7 Å². The van der Waals surface area contributed by atoms with Gasteiger partial charge in [0.25, 0.3) is 0 Å². The molecule has 1 aromatic heterocycles. The Hall–Kier alpha value is -3.40. The second kappa shape index (κ2) is 5.56. The van der Waals surface area contributed by atoms with E-state index in [9.17, 15) is 4.79 Å². The molecule has 0 bridgehead atoms. The van der Waals surface area contributed by atoms with Gasteiger partial charge >= 0.3 is 0 Å². The fourth-order valence-corrected chi connectivity index (χ4v) is 3.73. The van der Waals surface area contributed by atoms with Crippen LogP contribution in [-0.4, -0.2) is 15.3 Å². The molecule has 4 nitrogen and oxygen atoms in total. The number of rotatable bonds is 2. The van der Waals surface area contributed by atoms with E-state index in [0.29, 0.717) is 13.0 Å². The third-order valence-electron chi connectivity index (χ3n) is 4.99. The molecule has 0 amide bonds. The number of carbonyl (C=O) groups is 1. The number of aromatic nitrogens is 2. The fraction of sp³-hybridized carbons (Fsp3) is 0.0909. The lowest BCUT2D eigenvalue weighted by Gasteiger charge is -2.16. The molecule has 1 aliphatic heterocycles. The maximum Gasteiger partial charge on any atom is 0.166 e. The second-order valence-corrected chi connectivity index (χ2v) is 6.64. The van der Waals surface area contributed by atoms with Gasteiger partial charge in [-0.25, -0.2) is 4.98 Å². The number of para-hydroxylation sites is 1. The highest BCUT2D eigenvalue weighted by molar-refractivity contribution is 6.08. The molecule has 2 N–H and O–H groups in total. The van der Waals surface area contributed by atoms with Crippen molar-refractivity contribution in [2.45, 2.75) is 13.0 Å². The van der Waals surface area contributed by atoms with Crippen molar-refractivity contribution >= 4 is 22.5 Å². The van der Waals surface area contributed by atoms with Crippen molar-refractivity contribution in [1.82, 2.24) is 9.55 Å². The Morgan fingerprint density at radius 1 is 0.885 bits per heavy atom. The zero-order chi connectivity index (χ0) is 17.7. The molecule has 1 aliphatic rings. The standard InChI is InChI=1S/C22H17N3O/c23-17-4-1-3-16(13-17)14-7-9-15(10-8-14)22-24-19-6-2-5-18-20(26)11-12-25(22)21(18)19/h1-10,13H,11-12,23H2. The quantitative estimate of drug-likeness (QED) is 0.545. The molecular formula is C22H17N3O. The molecule has 0 saturated heterocycles. The monoisotopic (exact) mass is 339 g/mol. The van der Waals surface area contributed by atoms with Crippen molar-refractivity contribution in [3.63, 3.8) is 0 Å². The maximum absolute atomic E-state index is 12.2. The molecule has 4 heteroatoms. The average molecular weight is 339 g/mol. The van der Waals surface area contributed by atoms with E-state index < -0.39 is 0 Å². The molecule has 0 fully saturated rings. The second-order valence-electron chi connectivity index (χ2n) is 6.64. The molecule has 0 spiro atoms. The van der Waals surface area contributed by atoms with Crippen LogP contribution in [0.25, 0.3) is 33.5 Å². The third-order valence-corrected chi connectivity index (χ3v) is 4.99. The van der Waals surface area contributed by atoms with Gasteiger partial charge in [0.15, 0.2) is 5.78 Å². The number of nitrogen functional groups attached to an aromatic ring is 1. The predicted octanol–water partition coefficient (Wildman–Crippen LogP) is 4.54. The maximum atomic E-state index is 12.2. The fourth-order valence-electron chi connectivity index (χ4n) is 3.73. The van der Waals surface area contributed by atoms with Crippen LogP contribution in [0.5, 0.6) is 0 Å². The van der Waals surface area contributed by atoms with Gasteiger partial charge in [-0.05, 0) is 35.4 Å². The van der Waals surface area contributed by atoms with Crippen LogP contribution < -0.4 is 5.73 Å². The van der Waals surface area contributed by atoms with Gasteiger partial charge in [-0.15, -0.1) is 0 Å². The lowest BCUT2D eigenvalue weighted by Crippen LogP contribution is -2.14. The van der Waals surface area contributed by atoms with Crippen molar-refractivity contribution in [2.75, 3.05) is 5.73 Å². The van der Waals surface area contributed by atoms with Crippen LogP contribution in [0.2, 0.25) is 0 Å². The lowest BCUT2D eigenvalue weighted by atomic mass is 10.0. The van der Waals surface area contributed by atoms with Crippen LogP contribution in [-0.2, 0) is 6.54 Å². The van der Waals surface area contributed by atoms with E-state index in [4.69, 9.17) is 10.7 Å². The number of Topliss-reactive ketones (excluding diaryl/α,β-unsaturated/α-hetero) is 1. The number of ketones is 1. The van der Waals surface area contributed by atoms with E-state index in [1.807, 2.05) is 36.4 Å². The molecule has 2 heterocycles. The summed E-state index contributed by atoms with van der Waals surface area (Å²) in [7, 11) is 0. The molecule has 5 rings (SSSR count). The number of hydrogen-bond acceptors (Lipinski definition) is 3. The summed E-state index contributed by atoms with van der Waals surface area (Å²) in [6, 6.07) is 22.0. The highest BCUT2D eigenvalue weighted by Crippen LogP contribution is 2.32. The van der Waals surface area contributed by atoms with Crippen molar-refractivity contribution in [3.8, 4) is 22.5 Å². The largest absolute Gasteiger partial charge is 0.399 e. The summed E-state index contributed by atoms with van der Waals surface area (Å²) in [6.07, 6.45) is 0.525. The molecule has 0 saturated carbocycles. The Labute approximate surface area is 150 Å². The van der Waals surface area contributed by atoms with E-state index in [-0.39, 0.29) is 5.78 Å². The molecule has 0 atom stereocenters. The zero-order valence-corrected chi connectivity index (χ0v) is 14.1. The highest BCUT2D eigenvalue weighted by Gasteiger charge is 2.23. The number of nitrogens with two attached hydrogens (primary N) is 1. The lowest BCUT2D eigenvalue weighted by molar-refractivity contribution is 0.0973. The Bertz CT molecular complexity index is 1160. The van der Waals surface area contributed by atoms with Crippen LogP contribution in [0.3, 0.4) is 0 Å². The van der Waals surface area contributed by atoms with Crippen molar-refractivity contribution in [1.29, 1.82) is 0 Å². The average Bonchev–Trinajstić information content (AvgIpc) is 3.05. The number of aryl methyl sites for hydroxylation is 1. The van der Waals surface area contributed by atoms with Gasteiger partial charge in [0.1, 0.15) is 5.82 Å². The van der Waals surface area contributed by atoms with E-state index in [1.165, 1.54) is 0 Å². The first-order valence-electron chi connectivity index (χ1n) is 8.69. The Kier molecular flexibility index (Phi) is 3.19. The predicted molar refractivity (Wildman–Crippen MR) is 104 cm³/mol. The molecule has 26 heavy (non-hydrogen) atoms. The zero-order valence-electron chi connectivity index (χ0n) is 14.1.